The monoisotopic (exact) mass is 343 g/mol. The number of anilines is 1. The molecule has 7 nitrogen and oxygen atoms in total. The van der Waals surface area contributed by atoms with E-state index in [0.29, 0.717) is 10.7 Å². The third kappa shape index (κ3) is 4.42. The van der Waals surface area contributed by atoms with Crippen molar-refractivity contribution in [2.45, 2.75) is 0 Å². The minimum atomic E-state index is -2.99. The second kappa shape index (κ2) is 7.56. The van der Waals surface area contributed by atoms with Crippen LogP contribution in [0.15, 0.2) is 28.6 Å². The van der Waals surface area contributed by atoms with E-state index in [2.05, 4.69) is 4.36 Å². The number of hydrogen-bond donors (Lipinski definition) is 0. The van der Waals surface area contributed by atoms with Gasteiger partial charge in [-0.05, 0) is 18.2 Å². The summed E-state index contributed by atoms with van der Waals surface area (Å²) in [6, 6.07) is 6.55. The van der Waals surface area contributed by atoms with E-state index >= 15 is 0 Å². The minimum Gasteiger partial charge on any atom is -0.270 e. The van der Waals surface area contributed by atoms with Crippen LogP contribution in [-0.4, -0.2) is 53.5 Å². The first kappa shape index (κ1) is 18.4. The largest absolute Gasteiger partial charge is 0.276 e. The van der Waals surface area contributed by atoms with E-state index in [0.717, 1.165) is 4.90 Å². The van der Waals surface area contributed by atoms with Crippen molar-refractivity contribution >= 4 is 33.3 Å². The highest BCUT2D eigenvalue weighted by molar-refractivity contribution is 7.89. The van der Waals surface area contributed by atoms with Crippen molar-refractivity contribution in [2.75, 3.05) is 39.6 Å². The van der Waals surface area contributed by atoms with Gasteiger partial charge >= 0.3 is 0 Å². The molecule has 1 aromatic rings. The Bertz CT molecular complexity index is 691. The standard InChI is InChI=1S/C13H18ClN5O2S/c1-17(2)22(21,18(3)4)16-13(20)9-19(10-15)12-7-5-6-11(14)8-12/h5-8H,9H2,1-4H3. The van der Waals surface area contributed by atoms with Crippen LogP contribution < -0.4 is 4.90 Å². The van der Waals surface area contributed by atoms with Crippen LogP contribution in [-0.2, 0) is 14.9 Å². The summed E-state index contributed by atoms with van der Waals surface area (Å²) in [7, 11) is 3.28. The van der Waals surface area contributed by atoms with Gasteiger partial charge < -0.3 is 0 Å². The molecule has 0 aromatic heterocycles. The summed E-state index contributed by atoms with van der Waals surface area (Å²) in [6.07, 6.45) is 1.89. The van der Waals surface area contributed by atoms with Crippen LogP contribution in [0.4, 0.5) is 5.69 Å². The maximum absolute atomic E-state index is 12.6. The Kier molecular flexibility index (Phi) is 6.32. The summed E-state index contributed by atoms with van der Waals surface area (Å²) in [5, 5.41) is 9.63. The molecule has 0 bridgehead atoms. The molecule has 9 heteroatoms. The molecule has 1 aromatic carbocycles. The predicted octanol–water partition coefficient (Wildman–Crippen LogP) is 1.58. The highest BCUT2D eigenvalue weighted by atomic mass is 35.5. The lowest BCUT2D eigenvalue weighted by atomic mass is 10.3. The first-order chi connectivity index (χ1) is 10.2. The van der Waals surface area contributed by atoms with Crippen molar-refractivity contribution in [3.63, 3.8) is 0 Å². The fraction of sp³-hybridized carbons (Fsp3) is 0.385. The molecule has 22 heavy (non-hydrogen) atoms. The number of benzene rings is 1. The van der Waals surface area contributed by atoms with Gasteiger partial charge in [0.1, 0.15) is 6.54 Å². The molecular weight excluding hydrogens is 326 g/mol. The van der Waals surface area contributed by atoms with E-state index < -0.39 is 16.0 Å². The number of nitrogens with zero attached hydrogens (tertiary/aromatic N) is 5. The van der Waals surface area contributed by atoms with Crippen LogP contribution >= 0.6 is 11.6 Å². The second-order valence-electron chi connectivity index (χ2n) is 4.74. The number of rotatable bonds is 5. The molecule has 0 saturated carbocycles. The van der Waals surface area contributed by atoms with Gasteiger partial charge in [0.05, 0.1) is 5.69 Å². The highest BCUT2D eigenvalue weighted by Crippen LogP contribution is 2.19. The summed E-state index contributed by atoms with van der Waals surface area (Å²) in [5.41, 5.74) is 0.472. The van der Waals surface area contributed by atoms with E-state index in [1.54, 1.807) is 52.5 Å². The topological polar surface area (TPSA) is 80.0 Å². The van der Waals surface area contributed by atoms with E-state index in [-0.39, 0.29) is 6.54 Å². The number of carbonyl (C=O) groups is 1. The van der Waals surface area contributed by atoms with Gasteiger partial charge in [0.15, 0.2) is 16.3 Å². The molecule has 0 aliphatic rings. The lowest BCUT2D eigenvalue weighted by Crippen LogP contribution is -2.36. The van der Waals surface area contributed by atoms with E-state index in [4.69, 9.17) is 11.6 Å². The maximum atomic E-state index is 12.6. The van der Waals surface area contributed by atoms with Crippen molar-refractivity contribution in [2.24, 2.45) is 4.36 Å². The number of nitriles is 1. The molecule has 0 radical (unpaired) electrons. The van der Waals surface area contributed by atoms with Gasteiger partial charge in [0.2, 0.25) is 0 Å². The van der Waals surface area contributed by atoms with Crippen LogP contribution in [0.2, 0.25) is 5.02 Å². The van der Waals surface area contributed by atoms with Gasteiger partial charge in [0.25, 0.3) is 5.91 Å². The summed E-state index contributed by atoms with van der Waals surface area (Å²) < 4.78 is 19.1. The van der Waals surface area contributed by atoms with Crippen molar-refractivity contribution in [1.29, 1.82) is 5.26 Å². The summed E-state index contributed by atoms with van der Waals surface area (Å²) in [6.45, 7) is -0.310. The Balaban J connectivity index is 3.05. The molecule has 0 heterocycles. The van der Waals surface area contributed by atoms with E-state index in [1.807, 2.05) is 6.19 Å². The number of halogens is 1. The third-order valence-corrected chi connectivity index (χ3v) is 5.29. The fourth-order valence-corrected chi connectivity index (χ4v) is 3.10. The molecule has 0 atom stereocenters. The molecule has 0 fully saturated rings. The number of hydrogen-bond acceptors (Lipinski definition) is 4. The zero-order valence-electron chi connectivity index (χ0n) is 12.9. The van der Waals surface area contributed by atoms with Crippen LogP contribution in [0.5, 0.6) is 0 Å². The third-order valence-electron chi connectivity index (χ3n) is 2.71. The fourth-order valence-electron chi connectivity index (χ4n) is 1.62. The molecule has 0 saturated heterocycles. The predicted molar refractivity (Wildman–Crippen MR) is 87.4 cm³/mol. The van der Waals surface area contributed by atoms with Gasteiger partial charge in [-0.2, -0.15) is 5.26 Å². The van der Waals surface area contributed by atoms with Crippen molar-refractivity contribution in [1.82, 2.24) is 8.61 Å². The van der Waals surface area contributed by atoms with E-state index in [1.165, 1.54) is 8.61 Å². The lowest BCUT2D eigenvalue weighted by molar-refractivity contribution is -0.116. The average Bonchev–Trinajstić information content (AvgIpc) is 2.44. The van der Waals surface area contributed by atoms with Crippen LogP contribution in [0.25, 0.3) is 0 Å². The van der Waals surface area contributed by atoms with Crippen molar-refractivity contribution < 1.29 is 9.00 Å². The average molecular weight is 344 g/mol. The van der Waals surface area contributed by atoms with Gasteiger partial charge in [0, 0.05) is 33.2 Å². The lowest BCUT2D eigenvalue weighted by Gasteiger charge is -2.22. The Hall–Kier alpha value is -1.66. The molecule has 0 aliphatic carbocycles. The summed E-state index contributed by atoms with van der Waals surface area (Å²) in [4.78, 5) is 13.2. The molecule has 0 aliphatic heterocycles. The Morgan fingerprint density at radius 1 is 1.32 bits per heavy atom. The van der Waals surface area contributed by atoms with Crippen LogP contribution in [0.3, 0.4) is 0 Å². The Morgan fingerprint density at radius 3 is 2.36 bits per heavy atom. The Labute approximate surface area is 136 Å². The van der Waals surface area contributed by atoms with Crippen molar-refractivity contribution in [3.8, 4) is 6.19 Å². The smallest absolute Gasteiger partial charge is 0.270 e. The van der Waals surface area contributed by atoms with Crippen LogP contribution in [0.1, 0.15) is 0 Å². The molecular formula is C13H18ClN5O2S. The number of amides is 1. The first-order valence-electron chi connectivity index (χ1n) is 6.28. The SMILES string of the molecule is CN(C)S(=O)(=NC(=O)CN(C#N)c1cccc(Cl)c1)N(C)C. The molecule has 0 unspecified atom stereocenters. The summed E-state index contributed by atoms with van der Waals surface area (Å²) >= 11 is 5.87. The summed E-state index contributed by atoms with van der Waals surface area (Å²) in [5.74, 6) is -0.658. The van der Waals surface area contributed by atoms with Crippen molar-refractivity contribution in [3.05, 3.63) is 29.3 Å². The van der Waals surface area contributed by atoms with Gasteiger partial charge in [-0.3, -0.25) is 9.69 Å². The molecule has 1 amide bonds. The van der Waals surface area contributed by atoms with E-state index in [9.17, 15) is 14.3 Å². The van der Waals surface area contributed by atoms with Gasteiger partial charge in [-0.1, -0.05) is 17.7 Å². The highest BCUT2D eigenvalue weighted by Gasteiger charge is 2.19. The Morgan fingerprint density at radius 2 is 1.91 bits per heavy atom. The first-order valence-corrected chi connectivity index (χ1v) is 8.09. The zero-order valence-corrected chi connectivity index (χ0v) is 14.4. The van der Waals surface area contributed by atoms with Gasteiger partial charge in [-0.25, -0.2) is 12.8 Å². The molecule has 1 rings (SSSR count). The molecule has 120 valence electrons. The number of carbonyl (C=O) groups excluding carboxylic acids is 1. The zero-order chi connectivity index (χ0) is 16.9. The minimum absolute atomic E-state index is 0.310. The maximum Gasteiger partial charge on any atom is 0.276 e. The normalized spacial score (nSPS) is 11.4. The molecule has 0 spiro atoms. The van der Waals surface area contributed by atoms with Gasteiger partial charge in [-0.15, -0.1) is 4.36 Å². The van der Waals surface area contributed by atoms with Crippen LogP contribution in [0, 0.1) is 11.5 Å². The molecule has 0 N–H and O–H groups in total. The quantitative estimate of drug-likeness (QED) is 0.600. The second-order valence-corrected chi connectivity index (χ2v) is 7.76.